The largest absolute Gasteiger partial charge is 0.497 e. The fourth-order valence-corrected chi connectivity index (χ4v) is 3.75. The second-order valence-corrected chi connectivity index (χ2v) is 7.15. The predicted molar refractivity (Wildman–Crippen MR) is 112 cm³/mol. The van der Waals surface area contributed by atoms with Gasteiger partial charge in [0.2, 0.25) is 5.91 Å². The third-order valence-corrected chi connectivity index (χ3v) is 5.19. The molecule has 0 N–H and O–H groups in total. The first kappa shape index (κ1) is 18.9. The number of hydrogen-bond donors (Lipinski definition) is 0. The number of hydrogen-bond acceptors (Lipinski definition) is 4. The summed E-state index contributed by atoms with van der Waals surface area (Å²) in [5, 5.41) is 0. The molecule has 0 spiro atoms. The van der Waals surface area contributed by atoms with E-state index in [4.69, 9.17) is 4.74 Å². The van der Waals surface area contributed by atoms with Gasteiger partial charge in [-0.25, -0.2) is 4.98 Å². The van der Waals surface area contributed by atoms with Gasteiger partial charge in [-0.05, 0) is 55.7 Å². The summed E-state index contributed by atoms with van der Waals surface area (Å²) in [5.41, 5.74) is 3.24. The van der Waals surface area contributed by atoms with Crippen molar-refractivity contribution in [3.63, 3.8) is 0 Å². The molecular formula is C23H23N3O3. The first-order valence-corrected chi connectivity index (χ1v) is 9.68. The minimum absolute atomic E-state index is 0.0538. The van der Waals surface area contributed by atoms with Crippen molar-refractivity contribution in [2.45, 2.75) is 26.3 Å². The molecule has 4 rings (SSSR count). The molecule has 0 atom stereocenters. The molecule has 0 radical (unpaired) electrons. The molecule has 0 saturated carbocycles. The van der Waals surface area contributed by atoms with E-state index in [1.165, 1.54) is 10.6 Å². The molecule has 0 bridgehead atoms. The maximum atomic E-state index is 13.2. The van der Waals surface area contributed by atoms with E-state index in [9.17, 15) is 9.59 Å². The Morgan fingerprint density at radius 2 is 1.90 bits per heavy atom. The Morgan fingerprint density at radius 3 is 2.66 bits per heavy atom. The van der Waals surface area contributed by atoms with Gasteiger partial charge in [-0.3, -0.25) is 14.2 Å². The van der Waals surface area contributed by atoms with Gasteiger partial charge in [0.1, 0.15) is 18.1 Å². The second-order valence-electron chi connectivity index (χ2n) is 7.15. The van der Waals surface area contributed by atoms with Crippen molar-refractivity contribution in [2.24, 2.45) is 0 Å². The third-order valence-electron chi connectivity index (χ3n) is 5.19. The number of aryl methyl sites for hydroxylation is 2. The number of rotatable bonds is 4. The van der Waals surface area contributed by atoms with E-state index >= 15 is 0 Å². The molecule has 6 heteroatoms. The molecule has 2 heterocycles. The first-order chi connectivity index (χ1) is 14.1. The van der Waals surface area contributed by atoms with E-state index in [0.29, 0.717) is 18.1 Å². The zero-order valence-corrected chi connectivity index (χ0v) is 16.6. The predicted octanol–water partition coefficient (Wildman–Crippen LogP) is 3.21. The van der Waals surface area contributed by atoms with Crippen LogP contribution in [0.15, 0.2) is 59.4 Å². The number of amides is 1. The highest BCUT2D eigenvalue weighted by molar-refractivity contribution is 5.94. The topological polar surface area (TPSA) is 64.4 Å². The van der Waals surface area contributed by atoms with Crippen LogP contribution in [-0.4, -0.2) is 29.1 Å². The summed E-state index contributed by atoms with van der Waals surface area (Å²) in [6, 6.07) is 16.7. The quantitative estimate of drug-likeness (QED) is 0.687. The minimum Gasteiger partial charge on any atom is -0.497 e. The van der Waals surface area contributed by atoms with Crippen LogP contribution in [0.25, 0.3) is 11.4 Å². The summed E-state index contributed by atoms with van der Waals surface area (Å²) in [6.45, 7) is 2.38. The van der Waals surface area contributed by atoms with Crippen LogP contribution in [0.2, 0.25) is 0 Å². The van der Waals surface area contributed by atoms with Crippen LogP contribution in [0.4, 0.5) is 5.69 Å². The van der Waals surface area contributed by atoms with E-state index in [0.717, 1.165) is 35.4 Å². The van der Waals surface area contributed by atoms with Crippen LogP contribution in [0.5, 0.6) is 5.75 Å². The van der Waals surface area contributed by atoms with Gasteiger partial charge >= 0.3 is 0 Å². The lowest BCUT2D eigenvalue weighted by molar-refractivity contribution is -0.119. The van der Waals surface area contributed by atoms with Crippen LogP contribution < -0.4 is 15.2 Å². The zero-order valence-electron chi connectivity index (χ0n) is 16.6. The van der Waals surface area contributed by atoms with Gasteiger partial charge in [-0.1, -0.05) is 18.2 Å². The van der Waals surface area contributed by atoms with Crippen LogP contribution >= 0.6 is 0 Å². The molecule has 0 aliphatic carbocycles. The summed E-state index contributed by atoms with van der Waals surface area (Å²) in [4.78, 5) is 32.3. The Balaban J connectivity index is 1.70. The van der Waals surface area contributed by atoms with Gasteiger partial charge in [0.05, 0.1) is 7.11 Å². The van der Waals surface area contributed by atoms with Crippen molar-refractivity contribution in [1.29, 1.82) is 0 Å². The standard InChI is InChI=1S/C23H23N3O3/c1-16-14-21(27)26(23(24-16)18-9-11-19(29-2)12-10-18)15-22(28)25-13-5-7-17-6-3-4-8-20(17)25/h3-4,6,8-12,14H,5,7,13,15H2,1-2H3. The van der Waals surface area contributed by atoms with Crippen molar-refractivity contribution in [2.75, 3.05) is 18.6 Å². The van der Waals surface area contributed by atoms with Gasteiger partial charge in [0.25, 0.3) is 5.56 Å². The Kier molecular flexibility index (Phi) is 5.16. The Morgan fingerprint density at radius 1 is 1.14 bits per heavy atom. The average molecular weight is 389 g/mol. The molecule has 1 aromatic heterocycles. The van der Waals surface area contributed by atoms with Gasteiger partial charge in [0, 0.05) is 29.6 Å². The van der Waals surface area contributed by atoms with E-state index in [2.05, 4.69) is 11.1 Å². The van der Waals surface area contributed by atoms with E-state index in [-0.39, 0.29) is 18.0 Å². The molecular weight excluding hydrogens is 366 g/mol. The number of fused-ring (bicyclic) bond motifs is 1. The highest BCUT2D eigenvalue weighted by Gasteiger charge is 2.23. The van der Waals surface area contributed by atoms with Crippen molar-refractivity contribution < 1.29 is 9.53 Å². The number of benzene rings is 2. The van der Waals surface area contributed by atoms with Crippen molar-refractivity contribution in [1.82, 2.24) is 9.55 Å². The lowest BCUT2D eigenvalue weighted by Gasteiger charge is -2.30. The Labute approximate surface area is 169 Å². The van der Waals surface area contributed by atoms with Gasteiger partial charge in [0.15, 0.2) is 0 Å². The summed E-state index contributed by atoms with van der Waals surface area (Å²) in [7, 11) is 1.60. The number of methoxy groups -OCH3 is 1. The summed E-state index contributed by atoms with van der Waals surface area (Å²) >= 11 is 0. The van der Waals surface area contributed by atoms with Gasteiger partial charge < -0.3 is 9.64 Å². The molecule has 1 aliphatic rings. The van der Waals surface area contributed by atoms with E-state index < -0.39 is 0 Å². The lowest BCUT2D eigenvalue weighted by Crippen LogP contribution is -2.40. The van der Waals surface area contributed by atoms with Crippen molar-refractivity contribution in [3.05, 3.63) is 76.2 Å². The number of ether oxygens (including phenoxy) is 1. The highest BCUT2D eigenvalue weighted by atomic mass is 16.5. The van der Waals surface area contributed by atoms with Gasteiger partial charge in [-0.15, -0.1) is 0 Å². The van der Waals surface area contributed by atoms with Crippen LogP contribution in [0.3, 0.4) is 0 Å². The molecule has 6 nitrogen and oxygen atoms in total. The van der Waals surface area contributed by atoms with Crippen LogP contribution in [-0.2, 0) is 17.8 Å². The Hall–Kier alpha value is -3.41. The minimum atomic E-state index is -0.234. The molecule has 1 aliphatic heterocycles. The first-order valence-electron chi connectivity index (χ1n) is 9.68. The van der Waals surface area contributed by atoms with E-state index in [1.54, 1.807) is 18.9 Å². The molecule has 29 heavy (non-hydrogen) atoms. The molecule has 0 unspecified atom stereocenters. The SMILES string of the molecule is COc1ccc(-c2nc(C)cc(=O)n2CC(=O)N2CCCc3ccccc32)cc1. The number of anilines is 1. The second kappa shape index (κ2) is 7.91. The number of carbonyl (C=O) groups excluding carboxylic acids is 1. The number of para-hydroxylation sites is 1. The zero-order chi connectivity index (χ0) is 20.4. The van der Waals surface area contributed by atoms with E-state index in [1.807, 2.05) is 42.5 Å². The number of carbonyl (C=O) groups is 1. The van der Waals surface area contributed by atoms with Gasteiger partial charge in [-0.2, -0.15) is 0 Å². The van der Waals surface area contributed by atoms with Crippen LogP contribution in [0, 0.1) is 6.92 Å². The highest BCUT2D eigenvalue weighted by Crippen LogP contribution is 2.27. The summed E-state index contributed by atoms with van der Waals surface area (Å²) < 4.78 is 6.66. The molecule has 148 valence electrons. The summed E-state index contributed by atoms with van der Waals surface area (Å²) in [6.07, 6.45) is 1.87. The number of nitrogens with zero attached hydrogens (tertiary/aromatic N) is 3. The van der Waals surface area contributed by atoms with Crippen LogP contribution in [0.1, 0.15) is 17.7 Å². The maximum Gasteiger partial charge on any atom is 0.254 e. The smallest absolute Gasteiger partial charge is 0.254 e. The molecule has 3 aromatic rings. The monoisotopic (exact) mass is 389 g/mol. The normalized spacial score (nSPS) is 13.1. The molecule has 1 amide bonds. The average Bonchev–Trinajstić information content (AvgIpc) is 2.75. The van der Waals surface area contributed by atoms with Crippen molar-refractivity contribution >= 4 is 11.6 Å². The molecule has 0 fully saturated rings. The number of aromatic nitrogens is 2. The fraction of sp³-hybridized carbons (Fsp3) is 0.261. The third kappa shape index (κ3) is 3.78. The summed E-state index contributed by atoms with van der Waals surface area (Å²) in [5.74, 6) is 1.09. The fourth-order valence-electron chi connectivity index (χ4n) is 3.75. The molecule has 2 aromatic carbocycles. The lowest BCUT2D eigenvalue weighted by atomic mass is 10.0. The maximum absolute atomic E-state index is 13.2. The molecule has 0 saturated heterocycles. The Bertz CT molecular complexity index is 1100. The van der Waals surface area contributed by atoms with Crippen molar-refractivity contribution in [3.8, 4) is 17.1 Å².